The first-order valence-electron chi connectivity index (χ1n) is 9.19. The van der Waals surface area contributed by atoms with Gasteiger partial charge < -0.3 is 9.64 Å². The van der Waals surface area contributed by atoms with Gasteiger partial charge in [0.15, 0.2) is 9.84 Å². The number of carbonyl (C=O) groups is 1. The highest BCUT2D eigenvalue weighted by Crippen LogP contribution is 2.23. The van der Waals surface area contributed by atoms with Crippen molar-refractivity contribution in [2.75, 3.05) is 44.9 Å². The Labute approximate surface area is 146 Å². The van der Waals surface area contributed by atoms with Crippen molar-refractivity contribution in [1.82, 2.24) is 9.80 Å². The molecule has 0 aromatic rings. The Kier molecular flexibility index (Phi) is 7.50. The predicted molar refractivity (Wildman–Crippen MR) is 94.8 cm³/mol. The molecule has 6 nitrogen and oxygen atoms in total. The molecule has 1 amide bonds. The molecule has 0 bridgehead atoms. The van der Waals surface area contributed by atoms with E-state index >= 15 is 0 Å². The number of ether oxygens (including phenoxy) is 1. The summed E-state index contributed by atoms with van der Waals surface area (Å²) in [6.45, 7) is 4.26. The Balaban J connectivity index is 2.00. The lowest BCUT2D eigenvalue weighted by Gasteiger charge is -2.36. The van der Waals surface area contributed by atoms with E-state index in [9.17, 15) is 13.2 Å². The molecular formula is C17H32N2O4S. The van der Waals surface area contributed by atoms with Crippen LogP contribution >= 0.6 is 0 Å². The van der Waals surface area contributed by atoms with Gasteiger partial charge in [0.25, 0.3) is 0 Å². The molecule has 1 saturated heterocycles. The Morgan fingerprint density at radius 1 is 1.12 bits per heavy atom. The third kappa shape index (κ3) is 5.43. The highest BCUT2D eigenvalue weighted by atomic mass is 32.2. The minimum atomic E-state index is -3.00. The SMILES string of the molecule is CCN(CC(=O)N(CCOC)C1CCS(=O)(=O)C1)C1CCCCC1. The molecule has 1 unspecified atom stereocenters. The Hall–Kier alpha value is -0.660. The van der Waals surface area contributed by atoms with Crippen LogP contribution in [0, 0.1) is 0 Å². The third-order valence-electron chi connectivity index (χ3n) is 5.34. The average molecular weight is 361 g/mol. The fraction of sp³-hybridized carbons (Fsp3) is 0.941. The van der Waals surface area contributed by atoms with Crippen LogP contribution in [0.15, 0.2) is 0 Å². The van der Waals surface area contributed by atoms with Gasteiger partial charge >= 0.3 is 0 Å². The fourth-order valence-corrected chi connectivity index (χ4v) is 5.66. The lowest BCUT2D eigenvalue weighted by Crippen LogP contribution is -2.49. The normalized spacial score (nSPS) is 24.4. The van der Waals surface area contributed by atoms with E-state index in [0.29, 0.717) is 32.2 Å². The molecule has 2 aliphatic rings. The zero-order valence-electron chi connectivity index (χ0n) is 15.1. The summed E-state index contributed by atoms with van der Waals surface area (Å²) in [6.07, 6.45) is 6.65. The number of hydrogen-bond acceptors (Lipinski definition) is 5. The van der Waals surface area contributed by atoms with Crippen LogP contribution in [0.5, 0.6) is 0 Å². The van der Waals surface area contributed by atoms with Crippen LogP contribution in [-0.4, -0.2) is 81.1 Å². The molecule has 140 valence electrons. The second-order valence-corrected chi connectivity index (χ2v) is 9.22. The van der Waals surface area contributed by atoms with Gasteiger partial charge in [-0.2, -0.15) is 0 Å². The van der Waals surface area contributed by atoms with E-state index in [-0.39, 0.29) is 23.5 Å². The van der Waals surface area contributed by atoms with Crippen molar-refractivity contribution in [2.24, 2.45) is 0 Å². The maximum Gasteiger partial charge on any atom is 0.237 e. The van der Waals surface area contributed by atoms with Gasteiger partial charge in [-0.3, -0.25) is 9.69 Å². The van der Waals surface area contributed by atoms with Crippen LogP contribution in [0.2, 0.25) is 0 Å². The quantitative estimate of drug-likeness (QED) is 0.653. The maximum absolute atomic E-state index is 12.9. The Morgan fingerprint density at radius 2 is 1.83 bits per heavy atom. The zero-order valence-corrected chi connectivity index (χ0v) is 15.9. The summed E-state index contributed by atoms with van der Waals surface area (Å²) in [7, 11) is -1.40. The molecule has 1 atom stereocenters. The predicted octanol–water partition coefficient (Wildman–Crippen LogP) is 1.30. The summed E-state index contributed by atoms with van der Waals surface area (Å²) in [4.78, 5) is 16.9. The van der Waals surface area contributed by atoms with Crippen molar-refractivity contribution in [3.8, 4) is 0 Å². The van der Waals surface area contributed by atoms with Gasteiger partial charge in [-0.05, 0) is 25.8 Å². The third-order valence-corrected chi connectivity index (χ3v) is 7.09. The molecule has 0 spiro atoms. The van der Waals surface area contributed by atoms with Crippen LogP contribution in [0.1, 0.15) is 45.4 Å². The van der Waals surface area contributed by atoms with Gasteiger partial charge in [-0.1, -0.05) is 26.2 Å². The van der Waals surface area contributed by atoms with Gasteiger partial charge in [0.1, 0.15) is 0 Å². The maximum atomic E-state index is 12.9. The minimum absolute atomic E-state index is 0.0431. The number of amides is 1. The van der Waals surface area contributed by atoms with Crippen LogP contribution in [0.3, 0.4) is 0 Å². The van der Waals surface area contributed by atoms with Gasteiger partial charge in [-0.25, -0.2) is 8.42 Å². The number of nitrogens with zero attached hydrogens (tertiary/aromatic N) is 2. The smallest absolute Gasteiger partial charge is 0.237 e. The molecule has 1 saturated carbocycles. The van der Waals surface area contributed by atoms with E-state index in [0.717, 1.165) is 19.4 Å². The number of hydrogen-bond donors (Lipinski definition) is 0. The number of carbonyl (C=O) groups excluding carboxylic acids is 1. The van der Waals surface area contributed by atoms with Gasteiger partial charge in [-0.15, -0.1) is 0 Å². The van der Waals surface area contributed by atoms with E-state index < -0.39 is 9.84 Å². The summed E-state index contributed by atoms with van der Waals surface area (Å²) >= 11 is 0. The molecule has 2 fully saturated rings. The van der Waals surface area contributed by atoms with E-state index in [1.807, 2.05) is 0 Å². The summed E-state index contributed by atoms with van der Waals surface area (Å²) in [5, 5.41) is 0. The van der Waals surface area contributed by atoms with E-state index in [2.05, 4.69) is 11.8 Å². The molecule has 0 N–H and O–H groups in total. The van der Waals surface area contributed by atoms with Gasteiger partial charge in [0.05, 0.1) is 24.7 Å². The summed E-state index contributed by atoms with van der Waals surface area (Å²) in [5.74, 6) is 0.327. The average Bonchev–Trinajstić information content (AvgIpc) is 2.93. The van der Waals surface area contributed by atoms with Gasteiger partial charge in [0, 0.05) is 25.7 Å². The molecule has 2 rings (SSSR count). The van der Waals surface area contributed by atoms with Gasteiger partial charge in [0.2, 0.25) is 5.91 Å². The van der Waals surface area contributed by atoms with E-state index in [4.69, 9.17) is 4.74 Å². The lowest BCUT2D eigenvalue weighted by atomic mass is 9.94. The first kappa shape index (κ1) is 19.7. The molecule has 1 aliphatic heterocycles. The molecule has 1 heterocycles. The van der Waals surface area contributed by atoms with Crippen LogP contribution < -0.4 is 0 Å². The standard InChI is InChI=1S/C17H32N2O4S/c1-3-18(15-7-5-4-6-8-15)13-17(20)19(10-11-23-2)16-9-12-24(21,22)14-16/h15-16H,3-14H2,1-2H3. The highest BCUT2D eigenvalue weighted by molar-refractivity contribution is 7.91. The Morgan fingerprint density at radius 3 is 2.38 bits per heavy atom. The second-order valence-electron chi connectivity index (χ2n) is 6.99. The summed E-state index contributed by atoms with van der Waals surface area (Å²) < 4.78 is 28.7. The largest absolute Gasteiger partial charge is 0.383 e. The van der Waals surface area contributed by atoms with Crippen molar-refractivity contribution < 1.29 is 17.9 Å². The zero-order chi connectivity index (χ0) is 17.6. The topological polar surface area (TPSA) is 66.9 Å². The number of methoxy groups -OCH3 is 1. The highest BCUT2D eigenvalue weighted by Gasteiger charge is 2.35. The van der Waals surface area contributed by atoms with Crippen molar-refractivity contribution in [1.29, 1.82) is 0 Å². The first-order valence-corrected chi connectivity index (χ1v) is 11.0. The summed E-state index contributed by atoms with van der Waals surface area (Å²) in [6, 6.07) is 0.298. The molecule has 7 heteroatoms. The first-order chi connectivity index (χ1) is 11.5. The van der Waals surface area contributed by atoms with Crippen molar-refractivity contribution in [2.45, 2.75) is 57.5 Å². The van der Waals surface area contributed by atoms with Crippen LogP contribution in [0.25, 0.3) is 0 Å². The second kappa shape index (κ2) is 9.15. The summed E-state index contributed by atoms with van der Waals surface area (Å²) in [5.41, 5.74) is 0. The Bertz CT molecular complexity index is 503. The van der Waals surface area contributed by atoms with E-state index in [1.165, 1.54) is 19.3 Å². The number of likely N-dealkylation sites (N-methyl/N-ethyl adjacent to an activating group) is 1. The molecule has 0 aromatic carbocycles. The van der Waals surface area contributed by atoms with Crippen molar-refractivity contribution in [3.63, 3.8) is 0 Å². The van der Waals surface area contributed by atoms with Crippen molar-refractivity contribution in [3.05, 3.63) is 0 Å². The molecule has 1 aliphatic carbocycles. The van der Waals surface area contributed by atoms with E-state index in [1.54, 1.807) is 12.0 Å². The van der Waals surface area contributed by atoms with Crippen LogP contribution in [0.4, 0.5) is 0 Å². The molecular weight excluding hydrogens is 328 g/mol. The monoisotopic (exact) mass is 360 g/mol. The van der Waals surface area contributed by atoms with Crippen LogP contribution in [-0.2, 0) is 19.4 Å². The van der Waals surface area contributed by atoms with Crippen molar-refractivity contribution >= 4 is 15.7 Å². The fourth-order valence-electron chi connectivity index (χ4n) is 3.93. The lowest BCUT2D eigenvalue weighted by molar-refractivity contribution is -0.135. The number of rotatable bonds is 8. The number of sulfone groups is 1. The minimum Gasteiger partial charge on any atom is -0.383 e. The molecule has 0 radical (unpaired) electrons. The molecule has 24 heavy (non-hydrogen) atoms. The molecule has 0 aromatic heterocycles.